The van der Waals surface area contributed by atoms with Crippen molar-refractivity contribution in [2.45, 2.75) is 25.7 Å². The van der Waals surface area contributed by atoms with E-state index < -0.39 is 17.6 Å². The Hall–Kier alpha value is -1.17. The van der Waals surface area contributed by atoms with Crippen LogP contribution in [0.3, 0.4) is 0 Å². The molecule has 0 amide bonds. The first kappa shape index (κ1) is 14.9. The second-order valence-corrected chi connectivity index (χ2v) is 4.61. The van der Waals surface area contributed by atoms with Gasteiger partial charge in [0.25, 0.3) is 0 Å². The molecule has 0 unspecified atom stereocenters. The normalized spacial score (nSPS) is 10.4. The fourth-order valence-corrected chi connectivity index (χ4v) is 1.92. The van der Waals surface area contributed by atoms with E-state index in [9.17, 15) is 13.6 Å². The van der Waals surface area contributed by atoms with Gasteiger partial charge in [-0.15, -0.1) is 0 Å². The molecule has 0 heterocycles. The zero-order chi connectivity index (χ0) is 13.5. The minimum atomic E-state index is -0.830. The summed E-state index contributed by atoms with van der Waals surface area (Å²) in [5, 5.41) is 8.42. The van der Waals surface area contributed by atoms with Gasteiger partial charge < -0.3 is 9.84 Å². The summed E-state index contributed by atoms with van der Waals surface area (Å²) < 4.78 is 31.5. The lowest BCUT2D eigenvalue weighted by atomic mass is 10.2. The van der Waals surface area contributed by atoms with E-state index >= 15 is 0 Å². The minimum absolute atomic E-state index is 0.0189. The van der Waals surface area contributed by atoms with Gasteiger partial charge in [0.05, 0.1) is 11.1 Å². The molecule has 0 saturated heterocycles. The summed E-state index contributed by atoms with van der Waals surface area (Å²) in [6, 6.07) is 1.88. The van der Waals surface area contributed by atoms with Crippen LogP contribution in [0.1, 0.15) is 25.7 Å². The van der Waals surface area contributed by atoms with Crippen molar-refractivity contribution < 1.29 is 23.4 Å². The number of benzene rings is 1. The summed E-state index contributed by atoms with van der Waals surface area (Å²) >= 11 is 3.02. The van der Waals surface area contributed by atoms with Gasteiger partial charge in [-0.25, -0.2) is 8.78 Å². The first-order chi connectivity index (χ1) is 8.50. The molecule has 0 aliphatic carbocycles. The topological polar surface area (TPSA) is 46.5 Å². The molecule has 18 heavy (non-hydrogen) atoms. The fourth-order valence-electron chi connectivity index (χ4n) is 1.40. The maximum absolute atomic E-state index is 13.3. The quantitative estimate of drug-likeness (QED) is 0.778. The average molecular weight is 323 g/mol. The maximum Gasteiger partial charge on any atom is 0.303 e. The van der Waals surface area contributed by atoms with Crippen molar-refractivity contribution in [1.29, 1.82) is 0 Å². The summed E-state index contributed by atoms with van der Waals surface area (Å²) in [7, 11) is 0. The molecule has 0 spiro atoms. The third-order valence-corrected chi connectivity index (χ3v) is 2.83. The number of hydrogen-bond acceptors (Lipinski definition) is 2. The molecule has 0 aliphatic rings. The predicted octanol–water partition coefficient (Wildman–Crippen LogP) is 3.75. The van der Waals surface area contributed by atoms with Crippen LogP contribution in [0.25, 0.3) is 0 Å². The van der Waals surface area contributed by atoms with Gasteiger partial charge in [-0.1, -0.05) is 0 Å². The van der Waals surface area contributed by atoms with Crippen LogP contribution in [0, 0.1) is 11.6 Å². The van der Waals surface area contributed by atoms with Crippen LogP contribution >= 0.6 is 15.9 Å². The Morgan fingerprint density at radius 3 is 2.61 bits per heavy atom. The number of carbonyl (C=O) groups is 1. The number of ether oxygens (including phenoxy) is 1. The van der Waals surface area contributed by atoms with Crippen molar-refractivity contribution >= 4 is 21.9 Å². The van der Waals surface area contributed by atoms with E-state index in [1.807, 2.05) is 0 Å². The number of halogens is 3. The lowest BCUT2D eigenvalue weighted by Gasteiger charge is -2.09. The molecule has 0 aromatic heterocycles. The van der Waals surface area contributed by atoms with E-state index in [1.165, 1.54) is 0 Å². The molecule has 0 aliphatic heterocycles. The van der Waals surface area contributed by atoms with Gasteiger partial charge in [-0.3, -0.25) is 4.79 Å². The Morgan fingerprint density at radius 2 is 2.00 bits per heavy atom. The molecule has 6 heteroatoms. The Kier molecular flexibility index (Phi) is 6.04. The molecule has 0 radical (unpaired) electrons. The standard InChI is InChI=1S/C12H13BrF2O3/c13-9-6-8(14)7-10(15)12(9)18-5-3-1-2-4-11(16)17/h6-7H,1-5H2,(H,16,17). The Bertz CT molecular complexity index is 401. The van der Waals surface area contributed by atoms with E-state index in [0.29, 0.717) is 19.3 Å². The lowest BCUT2D eigenvalue weighted by molar-refractivity contribution is -0.137. The zero-order valence-corrected chi connectivity index (χ0v) is 11.2. The Balaban J connectivity index is 2.33. The van der Waals surface area contributed by atoms with E-state index in [2.05, 4.69) is 15.9 Å². The zero-order valence-electron chi connectivity index (χ0n) is 9.59. The number of aliphatic carboxylic acids is 1. The van der Waals surface area contributed by atoms with Gasteiger partial charge in [0.15, 0.2) is 11.6 Å². The summed E-state index contributed by atoms with van der Waals surface area (Å²) in [5.41, 5.74) is 0. The van der Waals surface area contributed by atoms with Gasteiger partial charge >= 0.3 is 5.97 Å². The Morgan fingerprint density at radius 1 is 1.28 bits per heavy atom. The summed E-state index contributed by atoms with van der Waals surface area (Å²) in [4.78, 5) is 10.3. The highest BCUT2D eigenvalue weighted by Gasteiger charge is 2.10. The van der Waals surface area contributed by atoms with Crippen molar-refractivity contribution in [2.24, 2.45) is 0 Å². The lowest BCUT2D eigenvalue weighted by Crippen LogP contribution is -2.01. The Labute approximate surface area is 112 Å². The molecule has 1 rings (SSSR count). The third-order valence-electron chi connectivity index (χ3n) is 2.24. The molecule has 0 atom stereocenters. The van der Waals surface area contributed by atoms with Gasteiger partial charge in [0.2, 0.25) is 0 Å². The molecule has 0 saturated carbocycles. The average Bonchev–Trinajstić information content (AvgIpc) is 2.25. The summed E-state index contributed by atoms with van der Waals surface area (Å²) in [6.07, 6.45) is 1.99. The molecular formula is C12H13BrF2O3. The van der Waals surface area contributed by atoms with E-state index in [0.717, 1.165) is 12.1 Å². The van der Waals surface area contributed by atoms with Crippen molar-refractivity contribution in [3.05, 3.63) is 28.2 Å². The van der Waals surface area contributed by atoms with Gasteiger partial charge in [-0.05, 0) is 41.3 Å². The number of hydrogen-bond donors (Lipinski definition) is 1. The highest BCUT2D eigenvalue weighted by molar-refractivity contribution is 9.10. The minimum Gasteiger partial charge on any atom is -0.489 e. The second kappa shape index (κ2) is 7.31. The van der Waals surface area contributed by atoms with Crippen LogP contribution in [-0.4, -0.2) is 17.7 Å². The van der Waals surface area contributed by atoms with Gasteiger partial charge in [-0.2, -0.15) is 0 Å². The molecule has 0 fully saturated rings. The van der Waals surface area contributed by atoms with Crippen LogP contribution in [-0.2, 0) is 4.79 Å². The smallest absolute Gasteiger partial charge is 0.303 e. The summed E-state index contributed by atoms with van der Waals surface area (Å²) in [6.45, 7) is 0.265. The summed E-state index contributed by atoms with van der Waals surface area (Å²) in [5.74, 6) is -2.28. The molecule has 3 nitrogen and oxygen atoms in total. The highest BCUT2D eigenvalue weighted by Crippen LogP contribution is 2.29. The maximum atomic E-state index is 13.3. The van der Waals surface area contributed by atoms with Gasteiger partial charge in [0.1, 0.15) is 5.82 Å². The largest absolute Gasteiger partial charge is 0.489 e. The highest BCUT2D eigenvalue weighted by atomic mass is 79.9. The SMILES string of the molecule is O=C(O)CCCCCOc1c(F)cc(F)cc1Br. The second-order valence-electron chi connectivity index (χ2n) is 3.75. The van der Waals surface area contributed by atoms with Crippen LogP contribution in [0.15, 0.2) is 16.6 Å². The predicted molar refractivity (Wildman–Crippen MR) is 65.7 cm³/mol. The number of carboxylic acids is 1. The molecular weight excluding hydrogens is 310 g/mol. The molecule has 0 bridgehead atoms. The first-order valence-electron chi connectivity index (χ1n) is 5.50. The van der Waals surface area contributed by atoms with Crippen LogP contribution in [0.2, 0.25) is 0 Å². The van der Waals surface area contributed by atoms with Crippen LogP contribution in [0.4, 0.5) is 8.78 Å². The van der Waals surface area contributed by atoms with E-state index in [-0.39, 0.29) is 23.2 Å². The number of carboxylic acid groups (broad SMARTS) is 1. The monoisotopic (exact) mass is 322 g/mol. The van der Waals surface area contributed by atoms with Gasteiger partial charge in [0, 0.05) is 12.5 Å². The van der Waals surface area contributed by atoms with E-state index in [1.54, 1.807) is 0 Å². The van der Waals surface area contributed by atoms with Crippen molar-refractivity contribution in [3.63, 3.8) is 0 Å². The fraction of sp³-hybridized carbons (Fsp3) is 0.417. The molecule has 100 valence electrons. The first-order valence-corrected chi connectivity index (χ1v) is 6.29. The number of unbranched alkanes of at least 4 members (excludes halogenated alkanes) is 2. The van der Waals surface area contributed by atoms with Crippen molar-refractivity contribution in [3.8, 4) is 5.75 Å². The molecule has 1 N–H and O–H groups in total. The molecule has 1 aromatic rings. The van der Waals surface area contributed by atoms with Crippen molar-refractivity contribution in [1.82, 2.24) is 0 Å². The van der Waals surface area contributed by atoms with Crippen LogP contribution < -0.4 is 4.74 Å². The molecule has 1 aromatic carbocycles. The third kappa shape index (κ3) is 5.00. The van der Waals surface area contributed by atoms with E-state index in [4.69, 9.17) is 9.84 Å². The number of rotatable bonds is 7. The van der Waals surface area contributed by atoms with Crippen LogP contribution in [0.5, 0.6) is 5.75 Å². The van der Waals surface area contributed by atoms with Crippen molar-refractivity contribution in [2.75, 3.05) is 6.61 Å².